The third-order valence-corrected chi connectivity index (χ3v) is 5.54. The molecule has 2 heteroatoms. The highest BCUT2D eigenvalue weighted by atomic mass is 15.2. The third-order valence-electron chi connectivity index (χ3n) is 5.54. The van der Waals surface area contributed by atoms with E-state index in [-0.39, 0.29) is 0 Å². The average Bonchev–Trinajstić information content (AvgIpc) is 2.78. The van der Waals surface area contributed by atoms with Crippen molar-refractivity contribution in [2.24, 2.45) is 29.5 Å². The van der Waals surface area contributed by atoms with Gasteiger partial charge in [0.1, 0.15) is 0 Å². The zero-order chi connectivity index (χ0) is 12.3. The molecule has 0 spiro atoms. The summed E-state index contributed by atoms with van der Waals surface area (Å²) in [5.41, 5.74) is 3.21. The van der Waals surface area contributed by atoms with Gasteiger partial charge in [-0.2, -0.15) is 0 Å². The van der Waals surface area contributed by atoms with Crippen molar-refractivity contribution >= 4 is 0 Å². The van der Waals surface area contributed by atoms with Crippen molar-refractivity contribution in [1.29, 1.82) is 0 Å². The maximum absolute atomic E-state index is 5.91. The molecule has 2 aliphatic carbocycles. The molecule has 100 valence electrons. The standard InChI is InChI=1S/C15H30N2/c1-3-12-8-4-5-9-14(12)15(17-16)13-10-6-7-11(13)2/h11-15,17H,3-10,16H2,1-2H3. The summed E-state index contributed by atoms with van der Waals surface area (Å²) in [5, 5.41) is 0. The second-order valence-electron chi connectivity index (χ2n) is 6.38. The van der Waals surface area contributed by atoms with Crippen LogP contribution in [0.25, 0.3) is 0 Å². The van der Waals surface area contributed by atoms with Crippen LogP contribution in [0.3, 0.4) is 0 Å². The van der Waals surface area contributed by atoms with Crippen molar-refractivity contribution in [3.63, 3.8) is 0 Å². The number of hydrogen-bond donors (Lipinski definition) is 2. The fraction of sp³-hybridized carbons (Fsp3) is 1.00. The minimum atomic E-state index is 0.581. The average molecular weight is 238 g/mol. The smallest absolute Gasteiger partial charge is 0.0272 e. The Kier molecular flexibility index (Phi) is 4.87. The molecule has 0 aromatic heterocycles. The molecular formula is C15H30N2. The molecule has 0 aromatic rings. The molecule has 2 aliphatic rings. The lowest BCUT2D eigenvalue weighted by Gasteiger charge is -2.40. The molecule has 0 radical (unpaired) electrons. The second-order valence-corrected chi connectivity index (χ2v) is 6.38. The fourth-order valence-corrected chi connectivity index (χ4v) is 4.49. The van der Waals surface area contributed by atoms with Gasteiger partial charge in [0.2, 0.25) is 0 Å². The van der Waals surface area contributed by atoms with Gasteiger partial charge in [-0.05, 0) is 36.5 Å². The van der Waals surface area contributed by atoms with Gasteiger partial charge in [0, 0.05) is 6.04 Å². The van der Waals surface area contributed by atoms with E-state index in [4.69, 9.17) is 5.84 Å². The molecule has 0 heterocycles. The van der Waals surface area contributed by atoms with Crippen molar-refractivity contribution in [2.45, 2.75) is 71.3 Å². The predicted octanol–water partition coefficient (Wildman–Crippen LogP) is 3.47. The Morgan fingerprint density at radius 2 is 1.76 bits per heavy atom. The van der Waals surface area contributed by atoms with Crippen molar-refractivity contribution in [3.8, 4) is 0 Å². The first-order valence-corrected chi connectivity index (χ1v) is 7.74. The Morgan fingerprint density at radius 3 is 2.35 bits per heavy atom. The van der Waals surface area contributed by atoms with Crippen LogP contribution < -0.4 is 11.3 Å². The third kappa shape index (κ3) is 2.85. The van der Waals surface area contributed by atoms with E-state index in [1.165, 1.54) is 51.4 Å². The molecular weight excluding hydrogens is 208 g/mol. The van der Waals surface area contributed by atoms with Crippen LogP contribution in [0.2, 0.25) is 0 Å². The summed E-state index contributed by atoms with van der Waals surface area (Å²) in [6, 6.07) is 0.581. The van der Waals surface area contributed by atoms with E-state index in [1.54, 1.807) is 0 Å². The van der Waals surface area contributed by atoms with Crippen molar-refractivity contribution in [1.82, 2.24) is 5.43 Å². The molecule has 2 saturated carbocycles. The second kappa shape index (κ2) is 6.19. The Hall–Kier alpha value is -0.0800. The number of nitrogens with one attached hydrogen (secondary N) is 1. The summed E-state index contributed by atoms with van der Waals surface area (Å²) in [7, 11) is 0. The highest BCUT2D eigenvalue weighted by Gasteiger charge is 2.38. The predicted molar refractivity (Wildman–Crippen MR) is 73.4 cm³/mol. The highest BCUT2D eigenvalue weighted by molar-refractivity contribution is 4.91. The Labute approximate surface area is 107 Å². The van der Waals surface area contributed by atoms with Gasteiger partial charge in [0.05, 0.1) is 0 Å². The van der Waals surface area contributed by atoms with Crippen LogP contribution in [-0.2, 0) is 0 Å². The SMILES string of the molecule is CCC1CCCCC1C(NN)C1CCCC1C. The van der Waals surface area contributed by atoms with E-state index in [1.807, 2.05) is 0 Å². The van der Waals surface area contributed by atoms with E-state index in [0.717, 1.165) is 23.7 Å². The molecule has 3 N–H and O–H groups in total. The lowest BCUT2D eigenvalue weighted by Crippen LogP contribution is -2.49. The monoisotopic (exact) mass is 238 g/mol. The number of rotatable bonds is 4. The van der Waals surface area contributed by atoms with Crippen LogP contribution in [0, 0.1) is 23.7 Å². The summed E-state index contributed by atoms with van der Waals surface area (Å²) >= 11 is 0. The Morgan fingerprint density at radius 1 is 1.06 bits per heavy atom. The Balaban J connectivity index is 2.04. The van der Waals surface area contributed by atoms with Crippen LogP contribution in [0.1, 0.15) is 65.2 Å². The van der Waals surface area contributed by atoms with Crippen molar-refractivity contribution in [3.05, 3.63) is 0 Å². The van der Waals surface area contributed by atoms with E-state index in [2.05, 4.69) is 19.3 Å². The first kappa shape index (κ1) is 13.4. The van der Waals surface area contributed by atoms with Crippen LogP contribution >= 0.6 is 0 Å². The van der Waals surface area contributed by atoms with Gasteiger partial charge in [0.15, 0.2) is 0 Å². The quantitative estimate of drug-likeness (QED) is 0.581. The van der Waals surface area contributed by atoms with E-state index < -0.39 is 0 Å². The normalized spacial score (nSPS) is 40.4. The van der Waals surface area contributed by atoms with Gasteiger partial charge < -0.3 is 0 Å². The van der Waals surface area contributed by atoms with E-state index in [0.29, 0.717) is 6.04 Å². The summed E-state index contributed by atoms with van der Waals surface area (Å²) in [6.07, 6.45) is 11.2. The molecule has 17 heavy (non-hydrogen) atoms. The molecule has 2 fully saturated rings. The molecule has 0 saturated heterocycles. The minimum Gasteiger partial charge on any atom is -0.271 e. The zero-order valence-corrected chi connectivity index (χ0v) is 11.6. The molecule has 2 rings (SSSR count). The van der Waals surface area contributed by atoms with Crippen molar-refractivity contribution < 1.29 is 0 Å². The molecule has 0 aliphatic heterocycles. The molecule has 2 nitrogen and oxygen atoms in total. The largest absolute Gasteiger partial charge is 0.271 e. The summed E-state index contributed by atoms with van der Waals surface area (Å²) in [6.45, 7) is 4.78. The lowest BCUT2D eigenvalue weighted by molar-refractivity contribution is 0.123. The van der Waals surface area contributed by atoms with Gasteiger partial charge in [-0.3, -0.25) is 11.3 Å². The summed E-state index contributed by atoms with van der Waals surface area (Å²) in [4.78, 5) is 0. The van der Waals surface area contributed by atoms with Gasteiger partial charge >= 0.3 is 0 Å². The van der Waals surface area contributed by atoms with Crippen LogP contribution in [0.4, 0.5) is 0 Å². The fourth-order valence-electron chi connectivity index (χ4n) is 4.49. The molecule has 5 atom stereocenters. The number of nitrogens with two attached hydrogens (primary N) is 1. The van der Waals surface area contributed by atoms with E-state index in [9.17, 15) is 0 Å². The molecule has 0 aromatic carbocycles. The first-order chi connectivity index (χ1) is 8.27. The molecule has 0 amide bonds. The minimum absolute atomic E-state index is 0.581. The highest BCUT2D eigenvalue weighted by Crippen LogP contribution is 2.42. The van der Waals surface area contributed by atoms with Gasteiger partial charge in [-0.15, -0.1) is 0 Å². The van der Waals surface area contributed by atoms with Crippen LogP contribution in [-0.4, -0.2) is 6.04 Å². The summed E-state index contributed by atoms with van der Waals surface area (Å²) in [5.74, 6) is 9.37. The van der Waals surface area contributed by atoms with Crippen molar-refractivity contribution in [2.75, 3.05) is 0 Å². The maximum Gasteiger partial charge on any atom is 0.0272 e. The van der Waals surface area contributed by atoms with Crippen LogP contribution in [0.15, 0.2) is 0 Å². The lowest BCUT2D eigenvalue weighted by atomic mass is 9.69. The van der Waals surface area contributed by atoms with Gasteiger partial charge in [0.25, 0.3) is 0 Å². The molecule has 5 unspecified atom stereocenters. The zero-order valence-electron chi connectivity index (χ0n) is 11.6. The van der Waals surface area contributed by atoms with Gasteiger partial charge in [-0.1, -0.05) is 52.4 Å². The maximum atomic E-state index is 5.91. The topological polar surface area (TPSA) is 38.0 Å². The van der Waals surface area contributed by atoms with Crippen LogP contribution in [0.5, 0.6) is 0 Å². The number of hydrogen-bond acceptors (Lipinski definition) is 2. The molecule has 0 bridgehead atoms. The first-order valence-electron chi connectivity index (χ1n) is 7.74. The summed E-state index contributed by atoms with van der Waals surface area (Å²) < 4.78 is 0. The van der Waals surface area contributed by atoms with E-state index >= 15 is 0 Å². The van der Waals surface area contributed by atoms with Gasteiger partial charge in [-0.25, -0.2) is 0 Å². The number of hydrazine groups is 1. The Bertz CT molecular complexity index is 229.